The van der Waals surface area contributed by atoms with Crippen LogP contribution < -0.4 is 10.6 Å². The van der Waals surface area contributed by atoms with Crippen molar-refractivity contribution in [2.75, 3.05) is 6.54 Å². The van der Waals surface area contributed by atoms with Crippen LogP contribution in [0.5, 0.6) is 0 Å². The molecule has 1 aromatic heterocycles. The first-order valence-electron chi connectivity index (χ1n) is 12.5. The summed E-state index contributed by atoms with van der Waals surface area (Å²) in [5.74, 6) is 0.0298. The van der Waals surface area contributed by atoms with Crippen LogP contribution in [0, 0.1) is 5.41 Å². The molecule has 3 fully saturated rings. The molecule has 2 heterocycles. The van der Waals surface area contributed by atoms with E-state index in [9.17, 15) is 26.4 Å². The van der Waals surface area contributed by atoms with Gasteiger partial charge in [-0.3, -0.25) is 14.5 Å². The van der Waals surface area contributed by atoms with E-state index in [0.29, 0.717) is 30.1 Å². The standard InChI is InChI=1S/C25H30ClF3N6O3S/c1-22(2)19(20(36)30-10-9-25(27,28)29)31-21(32-22)23-13-24(14-23,15-23)35(12-16-4-6-17(26)7-5-16)39(37,38)18-8-11-34(3)33-18/h4-8,11,19H,9-10,12-15H2,1-3H3,(H,30,36)(H,31,32)/t19-,23?,24?/m0/s1. The van der Waals surface area contributed by atoms with Crippen LogP contribution in [0.4, 0.5) is 13.2 Å². The lowest BCUT2D eigenvalue weighted by molar-refractivity contribution is -0.151. The maximum Gasteiger partial charge on any atom is 0.390 e. The predicted molar refractivity (Wildman–Crippen MR) is 139 cm³/mol. The van der Waals surface area contributed by atoms with Gasteiger partial charge >= 0.3 is 6.18 Å². The summed E-state index contributed by atoms with van der Waals surface area (Å²) in [5.41, 5.74) is -1.08. The van der Waals surface area contributed by atoms with Crippen molar-refractivity contribution in [1.29, 1.82) is 0 Å². The Balaban J connectivity index is 1.35. The number of aromatic nitrogens is 2. The van der Waals surface area contributed by atoms with Crippen molar-refractivity contribution < 1.29 is 26.4 Å². The highest BCUT2D eigenvalue weighted by molar-refractivity contribution is 7.89. The SMILES string of the molecule is Cn1ccc(S(=O)(=O)N(Cc2ccc(Cl)cc2)C23CC(C4=N[C@@H](C(=O)NCCC(F)(F)F)C(C)(C)N4)(C2)C3)n1. The summed E-state index contributed by atoms with van der Waals surface area (Å²) >= 11 is 6.03. The summed E-state index contributed by atoms with van der Waals surface area (Å²) in [6.07, 6.45) is -2.39. The molecular formula is C25H30ClF3N6O3S. The van der Waals surface area contributed by atoms with E-state index in [2.05, 4.69) is 20.7 Å². The predicted octanol–water partition coefficient (Wildman–Crippen LogP) is 3.40. The van der Waals surface area contributed by atoms with Crippen molar-refractivity contribution in [2.45, 2.75) is 74.4 Å². The van der Waals surface area contributed by atoms with Gasteiger partial charge in [0, 0.05) is 42.3 Å². The highest BCUT2D eigenvalue weighted by Gasteiger charge is 2.75. The van der Waals surface area contributed by atoms with Crippen molar-refractivity contribution in [1.82, 2.24) is 24.7 Å². The van der Waals surface area contributed by atoms with Gasteiger partial charge < -0.3 is 10.6 Å². The van der Waals surface area contributed by atoms with Crippen molar-refractivity contribution >= 4 is 33.4 Å². The quantitative estimate of drug-likeness (QED) is 0.468. The molecule has 2 N–H and O–H groups in total. The second kappa shape index (κ2) is 9.20. The van der Waals surface area contributed by atoms with Crippen LogP contribution in [-0.4, -0.2) is 64.1 Å². The van der Waals surface area contributed by atoms with Crippen LogP contribution in [0.3, 0.4) is 0 Å². The molecule has 0 unspecified atom stereocenters. The van der Waals surface area contributed by atoms with E-state index in [1.807, 2.05) is 0 Å². The van der Waals surface area contributed by atoms with Gasteiger partial charge in [-0.25, -0.2) is 8.42 Å². The van der Waals surface area contributed by atoms with Crippen LogP contribution in [0.2, 0.25) is 5.02 Å². The highest BCUT2D eigenvalue weighted by Crippen LogP contribution is 2.71. The fraction of sp³-hybridized carbons (Fsp3) is 0.560. The van der Waals surface area contributed by atoms with Crippen molar-refractivity contribution in [3.05, 3.63) is 47.1 Å². The third-order valence-corrected chi connectivity index (χ3v) is 9.95. The number of nitrogens with one attached hydrogen (secondary N) is 2. The van der Waals surface area contributed by atoms with Gasteiger partial charge in [0.1, 0.15) is 5.84 Å². The summed E-state index contributed by atoms with van der Waals surface area (Å²) in [4.78, 5) is 17.3. The molecule has 0 radical (unpaired) electrons. The molecule has 3 saturated carbocycles. The number of nitrogens with zero attached hydrogens (tertiary/aromatic N) is 4. The molecule has 6 rings (SSSR count). The number of hydrogen-bond acceptors (Lipinski definition) is 6. The summed E-state index contributed by atoms with van der Waals surface area (Å²) < 4.78 is 68.0. The molecule has 2 aromatic rings. The van der Waals surface area contributed by atoms with Crippen LogP contribution in [0.1, 0.15) is 45.1 Å². The second-order valence-electron chi connectivity index (χ2n) is 11.4. The largest absolute Gasteiger partial charge is 0.390 e. The molecule has 1 aromatic carbocycles. The number of carbonyl (C=O) groups excluding carboxylic acids is 1. The van der Waals surface area contributed by atoms with Crippen molar-refractivity contribution in [2.24, 2.45) is 17.5 Å². The van der Waals surface area contributed by atoms with Crippen LogP contribution >= 0.6 is 11.6 Å². The molecule has 0 spiro atoms. The Hall–Kier alpha value is -2.64. The third kappa shape index (κ3) is 5.04. The van der Waals surface area contributed by atoms with Gasteiger partial charge in [0.15, 0.2) is 11.1 Å². The zero-order chi connectivity index (χ0) is 28.4. The Morgan fingerprint density at radius 1 is 1.21 bits per heavy atom. The van der Waals surface area contributed by atoms with Gasteiger partial charge in [0.2, 0.25) is 5.91 Å². The third-order valence-electron chi connectivity index (χ3n) is 7.86. The Bertz CT molecular complexity index is 1400. The summed E-state index contributed by atoms with van der Waals surface area (Å²) in [7, 11) is -2.28. The lowest BCUT2D eigenvalue weighted by Crippen LogP contribution is -2.78. The smallest absolute Gasteiger partial charge is 0.366 e. The van der Waals surface area contributed by atoms with Gasteiger partial charge in [-0.2, -0.15) is 22.6 Å². The second-order valence-corrected chi connectivity index (χ2v) is 13.6. The van der Waals surface area contributed by atoms with Crippen LogP contribution in [-0.2, 0) is 28.4 Å². The lowest BCUT2D eigenvalue weighted by Gasteiger charge is -2.72. The van der Waals surface area contributed by atoms with Gasteiger partial charge in [0.05, 0.1) is 12.0 Å². The molecule has 212 valence electrons. The number of hydrogen-bond donors (Lipinski definition) is 2. The molecule has 3 aliphatic carbocycles. The number of amides is 1. The minimum absolute atomic E-state index is 0.0363. The molecule has 14 heteroatoms. The minimum atomic E-state index is -4.36. The zero-order valence-electron chi connectivity index (χ0n) is 21.7. The fourth-order valence-corrected chi connectivity index (χ4v) is 7.77. The van der Waals surface area contributed by atoms with Crippen LogP contribution in [0.25, 0.3) is 0 Å². The van der Waals surface area contributed by atoms with Crippen molar-refractivity contribution in [3.8, 4) is 0 Å². The number of sulfonamides is 1. The Kier molecular flexibility index (Phi) is 6.58. The molecule has 1 amide bonds. The number of aliphatic imine (C=N–C) groups is 1. The molecule has 2 bridgehead atoms. The average Bonchev–Trinajstić information content (AvgIpc) is 3.34. The molecule has 4 aliphatic rings. The number of alkyl halides is 3. The highest BCUT2D eigenvalue weighted by atomic mass is 35.5. The molecule has 9 nitrogen and oxygen atoms in total. The first kappa shape index (κ1) is 27.9. The van der Waals surface area contributed by atoms with Gasteiger partial charge in [-0.05, 0) is 56.9 Å². The lowest BCUT2D eigenvalue weighted by atomic mass is 9.38. The van der Waals surface area contributed by atoms with E-state index in [0.717, 1.165) is 5.56 Å². The number of rotatable bonds is 9. The number of carbonyl (C=O) groups is 1. The summed E-state index contributed by atoms with van der Waals surface area (Å²) in [6.45, 7) is 3.18. The molecule has 1 atom stereocenters. The van der Waals surface area contributed by atoms with Crippen molar-refractivity contribution in [3.63, 3.8) is 0 Å². The van der Waals surface area contributed by atoms with Crippen LogP contribution in [0.15, 0.2) is 46.5 Å². The van der Waals surface area contributed by atoms with Gasteiger partial charge in [0.25, 0.3) is 10.0 Å². The van der Waals surface area contributed by atoms with E-state index >= 15 is 0 Å². The van der Waals surface area contributed by atoms with Gasteiger partial charge in [-0.1, -0.05) is 23.7 Å². The number of aryl methyl sites for hydroxylation is 1. The zero-order valence-corrected chi connectivity index (χ0v) is 23.3. The Morgan fingerprint density at radius 3 is 2.41 bits per heavy atom. The Labute approximate surface area is 229 Å². The van der Waals surface area contributed by atoms with Gasteiger partial charge in [-0.15, -0.1) is 0 Å². The topological polar surface area (TPSA) is 109 Å². The van der Waals surface area contributed by atoms with E-state index in [4.69, 9.17) is 11.6 Å². The van der Waals surface area contributed by atoms with E-state index in [1.165, 1.54) is 15.1 Å². The monoisotopic (exact) mass is 586 g/mol. The number of benzene rings is 1. The molecule has 0 saturated heterocycles. The summed E-state index contributed by atoms with van der Waals surface area (Å²) in [6, 6.07) is 7.58. The molecule has 39 heavy (non-hydrogen) atoms. The summed E-state index contributed by atoms with van der Waals surface area (Å²) in [5, 5.41) is 10.3. The minimum Gasteiger partial charge on any atom is -0.366 e. The molecular weight excluding hydrogens is 557 g/mol. The maximum atomic E-state index is 13.8. The first-order valence-corrected chi connectivity index (χ1v) is 14.4. The fourth-order valence-electron chi connectivity index (χ4n) is 5.93. The van der Waals surface area contributed by atoms with E-state index in [1.54, 1.807) is 51.4 Å². The Morgan fingerprint density at radius 2 is 1.85 bits per heavy atom. The maximum absolute atomic E-state index is 13.8. The molecule has 1 aliphatic heterocycles. The normalized spacial score (nSPS) is 27.4. The number of amidine groups is 1. The number of halogens is 4. The average molecular weight is 587 g/mol. The first-order chi connectivity index (χ1) is 18.1. The van der Waals surface area contributed by atoms with E-state index < -0.39 is 57.6 Å². The van der Waals surface area contributed by atoms with E-state index in [-0.39, 0.29) is 11.6 Å².